The number of para-hydroxylation sites is 1. The molecule has 1 unspecified atom stereocenters. The number of aliphatic imine (C=N–C) groups is 1. The van der Waals surface area contributed by atoms with Crippen molar-refractivity contribution in [1.29, 1.82) is 0 Å². The van der Waals surface area contributed by atoms with Crippen molar-refractivity contribution in [2.24, 2.45) is 4.99 Å². The number of nitrogens with zero attached hydrogens (tertiary/aromatic N) is 3. The maximum absolute atomic E-state index is 12.6. The second-order valence-electron chi connectivity index (χ2n) is 6.69. The summed E-state index contributed by atoms with van der Waals surface area (Å²) in [5, 5.41) is 3.32. The second kappa shape index (κ2) is 9.85. The zero-order chi connectivity index (χ0) is 19.1. The third kappa shape index (κ3) is 5.52. The SMILES string of the molecule is CCNC(=NCc1ccccc1OC(F)F)N1CCC(N2CCOCC2)C1. The smallest absolute Gasteiger partial charge is 0.387 e. The Bertz CT molecular complexity index is 623. The summed E-state index contributed by atoms with van der Waals surface area (Å²) >= 11 is 0. The van der Waals surface area contributed by atoms with Gasteiger partial charge in [0.05, 0.1) is 19.8 Å². The number of hydrogen-bond acceptors (Lipinski definition) is 4. The summed E-state index contributed by atoms with van der Waals surface area (Å²) in [5.41, 5.74) is 0.650. The maximum Gasteiger partial charge on any atom is 0.387 e. The number of benzene rings is 1. The van der Waals surface area contributed by atoms with E-state index in [2.05, 4.69) is 24.8 Å². The first-order valence-electron chi connectivity index (χ1n) is 9.55. The van der Waals surface area contributed by atoms with Gasteiger partial charge in [0, 0.05) is 44.3 Å². The summed E-state index contributed by atoms with van der Waals surface area (Å²) in [5.74, 6) is 1.000. The number of ether oxygens (including phenoxy) is 2. The van der Waals surface area contributed by atoms with Crippen LogP contribution in [0, 0.1) is 0 Å². The molecular weight excluding hydrogens is 354 g/mol. The standard InChI is InChI=1S/C19H28F2N4O2/c1-2-22-19(23-13-15-5-3-4-6-17(15)27-18(20)21)25-8-7-16(14-25)24-9-11-26-12-10-24/h3-6,16,18H,2,7-14H2,1H3,(H,22,23). The number of morpholine rings is 1. The lowest BCUT2D eigenvalue weighted by Crippen LogP contribution is -2.46. The first-order valence-corrected chi connectivity index (χ1v) is 9.55. The van der Waals surface area contributed by atoms with Crippen molar-refractivity contribution in [3.8, 4) is 5.75 Å². The van der Waals surface area contributed by atoms with Crippen molar-refractivity contribution in [2.75, 3.05) is 45.9 Å². The van der Waals surface area contributed by atoms with E-state index in [4.69, 9.17) is 4.74 Å². The Morgan fingerprint density at radius 3 is 2.81 bits per heavy atom. The molecule has 2 aliphatic heterocycles. The van der Waals surface area contributed by atoms with Gasteiger partial charge in [-0.15, -0.1) is 0 Å². The van der Waals surface area contributed by atoms with Crippen LogP contribution < -0.4 is 10.1 Å². The topological polar surface area (TPSA) is 49.3 Å². The summed E-state index contributed by atoms with van der Waals surface area (Å²) in [7, 11) is 0. The maximum atomic E-state index is 12.6. The first-order chi connectivity index (χ1) is 13.2. The highest BCUT2D eigenvalue weighted by molar-refractivity contribution is 5.80. The van der Waals surface area contributed by atoms with Crippen LogP contribution in [0.25, 0.3) is 0 Å². The van der Waals surface area contributed by atoms with Crippen molar-refractivity contribution in [2.45, 2.75) is 32.5 Å². The van der Waals surface area contributed by atoms with E-state index in [0.717, 1.165) is 58.3 Å². The lowest BCUT2D eigenvalue weighted by Gasteiger charge is -2.32. The molecule has 0 bridgehead atoms. The van der Waals surface area contributed by atoms with Gasteiger partial charge >= 0.3 is 6.61 Å². The minimum absolute atomic E-state index is 0.180. The van der Waals surface area contributed by atoms with E-state index in [9.17, 15) is 8.78 Å². The van der Waals surface area contributed by atoms with E-state index in [-0.39, 0.29) is 5.75 Å². The van der Waals surface area contributed by atoms with Crippen LogP contribution in [-0.4, -0.2) is 74.4 Å². The fraction of sp³-hybridized carbons (Fsp3) is 0.632. The first kappa shape index (κ1) is 19.8. The molecule has 8 heteroatoms. The molecule has 2 heterocycles. The van der Waals surface area contributed by atoms with E-state index in [1.54, 1.807) is 24.3 Å². The summed E-state index contributed by atoms with van der Waals surface area (Å²) in [6.07, 6.45) is 1.09. The molecule has 1 N–H and O–H groups in total. The Balaban J connectivity index is 1.65. The number of nitrogens with one attached hydrogen (secondary N) is 1. The van der Waals surface area contributed by atoms with Gasteiger partial charge in [-0.2, -0.15) is 8.78 Å². The van der Waals surface area contributed by atoms with Crippen LogP contribution in [-0.2, 0) is 11.3 Å². The average molecular weight is 382 g/mol. The monoisotopic (exact) mass is 382 g/mol. The van der Waals surface area contributed by atoms with Crippen molar-refractivity contribution in [3.05, 3.63) is 29.8 Å². The van der Waals surface area contributed by atoms with Crippen LogP contribution in [0.3, 0.4) is 0 Å². The number of halogens is 2. The molecule has 0 radical (unpaired) electrons. The van der Waals surface area contributed by atoms with E-state index < -0.39 is 6.61 Å². The van der Waals surface area contributed by atoms with E-state index in [1.165, 1.54) is 0 Å². The minimum atomic E-state index is -2.84. The molecule has 1 atom stereocenters. The summed E-state index contributed by atoms with van der Waals surface area (Å²) < 4.78 is 35.2. The molecule has 2 fully saturated rings. The number of alkyl halides is 2. The van der Waals surface area contributed by atoms with Crippen molar-refractivity contribution < 1.29 is 18.3 Å². The van der Waals surface area contributed by atoms with Crippen LogP contribution in [0.4, 0.5) is 8.78 Å². The minimum Gasteiger partial charge on any atom is -0.434 e. The quantitative estimate of drug-likeness (QED) is 0.604. The Morgan fingerprint density at radius 2 is 2.07 bits per heavy atom. The fourth-order valence-corrected chi connectivity index (χ4v) is 3.61. The average Bonchev–Trinajstić information content (AvgIpc) is 3.16. The lowest BCUT2D eigenvalue weighted by atomic mass is 10.2. The van der Waals surface area contributed by atoms with Gasteiger partial charge in [-0.05, 0) is 19.4 Å². The van der Waals surface area contributed by atoms with Gasteiger partial charge in [-0.1, -0.05) is 18.2 Å². The van der Waals surface area contributed by atoms with E-state index in [0.29, 0.717) is 18.2 Å². The molecule has 0 amide bonds. The second-order valence-corrected chi connectivity index (χ2v) is 6.69. The third-order valence-electron chi connectivity index (χ3n) is 4.95. The van der Waals surface area contributed by atoms with Crippen molar-refractivity contribution >= 4 is 5.96 Å². The van der Waals surface area contributed by atoms with Crippen molar-refractivity contribution in [1.82, 2.24) is 15.1 Å². The third-order valence-corrected chi connectivity index (χ3v) is 4.95. The van der Waals surface area contributed by atoms with Crippen LogP contribution in [0.2, 0.25) is 0 Å². The summed E-state index contributed by atoms with van der Waals surface area (Å²) in [4.78, 5) is 9.41. The van der Waals surface area contributed by atoms with Crippen molar-refractivity contribution in [3.63, 3.8) is 0 Å². The zero-order valence-corrected chi connectivity index (χ0v) is 15.7. The van der Waals surface area contributed by atoms with Gasteiger partial charge < -0.3 is 19.7 Å². The molecule has 3 rings (SSSR count). The Labute approximate surface area is 159 Å². The molecule has 2 aliphatic rings. The Morgan fingerprint density at radius 1 is 1.30 bits per heavy atom. The normalized spacial score (nSPS) is 21.7. The number of hydrogen-bond donors (Lipinski definition) is 1. The molecule has 2 saturated heterocycles. The van der Waals surface area contributed by atoms with Gasteiger partial charge in [0.2, 0.25) is 0 Å². The van der Waals surface area contributed by atoms with E-state index in [1.807, 2.05) is 6.92 Å². The molecule has 0 spiro atoms. The highest BCUT2D eigenvalue weighted by Crippen LogP contribution is 2.22. The number of likely N-dealkylation sites (tertiary alicyclic amines) is 1. The molecule has 1 aromatic rings. The van der Waals surface area contributed by atoms with Crippen LogP contribution >= 0.6 is 0 Å². The van der Waals surface area contributed by atoms with Gasteiger partial charge in [0.15, 0.2) is 5.96 Å². The van der Waals surface area contributed by atoms with Gasteiger partial charge in [0.1, 0.15) is 5.75 Å². The number of guanidine groups is 1. The summed E-state index contributed by atoms with van der Waals surface area (Å²) in [6, 6.07) is 7.32. The van der Waals surface area contributed by atoms with Gasteiger partial charge in [-0.25, -0.2) is 4.99 Å². The Hall–Kier alpha value is -1.93. The Kier molecular flexibility index (Phi) is 7.23. The molecule has 0 saturated carbocycles. The molecular formula is C19H28F2N4O2. The highest BCUT2D eigenvalue weighted by Gasteiger charge is 2.30. The van der Waals surface area contributed by atoms with Gasteiger partial charge in [-0.3, -0.25) is 4.90 Å². The molecule has 0 aromatic heterocycles. The molecule has 27 heavy (non-hydrogen) atoms. The molecule has 0 aliphatic carbocycles. The molecule has 1 aromatic carbocycles. The van der Waals surface area contributed by atoms with Gasteiger partial charge in [0.25, 0.3) is 0 Å². The molecule has 6 nitrogen and oxygen atoms in total. The van der Waals surface area contributed by atoms with E-state index >= 15 is 0 Å². The largest absolute Gasteiger partial charge is 0.434 e. The van der Waals surface area contributed by atoms with Crippen LogP contribution in [0.5, 0.6) is 5.75 Å². The number of rotatable bonds is 6. The fourth-order valence-electron chi connectivity index (χ4n) is 3.61. The lowest BCUT2D eigenvalue weighted by molar-refractivity contribution is -0.0504. The molecule has 150 valence electrons. The van der Waals surface area contributed by atoms with Crippen LogP contribution in [0.15, 0.2) is 29.3 Å². The summed E-state index contributed by atoms with van der Waals surface area (Å²) in [6.45, 7) is 5.64. The predicted octanol–water partition coefficient (Wildman–Crippen LogP) is 2.16. The zero-order valence-electron chi connectivity index (χ0n) is 15.7. The van der Waals surface area contributed by atoms with Crippen LogP contribution in [0.1, 0.15) is 18.9 Å². The highest BCUT2D eigenvalue weighted by atomic mass is 19.3. The predicted molar refractivity (Wildman–Crippen MR) is 100 cm³/mol.